The molecule has 1 heterocycles. The summed E-state index contributed by atoms with van der Waals surface area (Å²) in [4.78, 5) is 11.6. The summed E-state index contributed by atoms with van der Waals surface area (Å²) >= 11 is 0. The van der Waals surface area contributed by atoms with E-state index in [1.165, 1.54) is 12.1 Å². The third-order valence-electron chi connectivity index (χ3n) is 2.60. The van der Waals surface area contributed by atoms with Gasteiger partial charge < -0.3 is 5.32 Å². The number of carbonyl (C=O) groups excluding carboxylic acids is 1. The molecule has 0 fully saturated rings. The van der Waals surface area contributed by atoms with Gasteiger partial charge in [0.05, 0.1) is 5.56 Å². The Balaban J connectivity index is 1.83. The monoisotopic (exact) mass is 265 g/mol. The van der Waals surface area contributed by atoms with Gasteiger partial charge in [-0.2, -0.15) is 5.10 Å². The summed E-state index contributed by atoms with van der Waals surface area (Å²) in [6.45, 7) is 1.02. The molecule has 4 nitrogen and oxygen atoms in total. The molecule has 19 heavy (non-hydrogen) atoms. The predicted molar refractivity (Wildman–Crippen MR) is 65.5 cm³/mol. The number of benzene rings is 1. The van der Waals surface area contributed by atoms with Crippen molar-refractivity contribution in [1.29, 1.82) is 0 Å². The number of carbonyl (C=O) groups is 1. The fraction of sp³-hybridized carbons (Fsp3) is 0.231. The largest absolute Gasteiger partial charge is 0.352 e. The number of aryl methyl sites for hydroxylation is 1. The first-order chi connectivity index (χ1) is 9.18. The molecule has 2 aromatic rings. The van der Waals surface area contributed by atoms with E-state index in [1.807, 2.05) is 6.20 Å². The van der Waals surface area contributed by atoms with Gasteiger partial charge in [-0.05, 0) is 24.6 Å². The van der Waals surface area contributed by atoms with E-state index in [0.29, 0.717) is 19.5 Å². The number of hydrogen-bond donors (Lipinski definition) is 1. The first kappa shape index (κ1) is 13.2. The molecule has 0 aliphatic carbocycles. The van der Waals surface area contributed by atoms with E-state index < -0.39 is 17.5 Å². The maximum atomic E-state index is 13.3. The van der Waals surface area contributed by atoms with Gasteiger partial charge >= 0.3 is 0 Å². The highest BCUT2D eigenvalue weighted by molar-refractivity contribution is 5.94. The average molecular weight is 265 g/mol. The van der Waals surface area contributed by atoms with Crippen LogP contribution in [-0.2, 0) is 6.54 Å². The molecule has 0 aliphatic rings. The van der Waals surface area contributed by atoms with Gasteiger partial charge in [0.1, 0.15) is 0 Å². The van der Waals surface area contributed by atoms with Gasteiger partial charge in [-0.15, -0.1) is 0 Å². The molecule has 6 heteroatoms. The standard InChI is InChI=1S/C13H13F2N3O/c14-11-5-1-4-10(12(11)15)13(19)16-6-2-8-18-9-3-7-17-18/h1,3-5,7,9H,2,6,8H2,(H,16,19). The summed E-state index contributed by atoms with van der Waals surface area (Å²) in [5, 5.41) is 6.55. The van der Waals surface area contributed by atoms with E-state index in [4.69, 9.17) is 0 Å². The number of hydrogen-bond acceptors (Lipinski definition) is 2. The van der Waals surface area contributed by atoms with Gasteiger partial charge in [0.2, 0.25) is 0 Å². The lowest BCUT2D eigenvalue weighted by Crippen LogP contribution is -2.26. The van der Waals surface area contributed by atoms with Crippen molar-refractivity contribution in [3.63, 3.8) is 0 Å². The Morgan fingerprint density at radius 3 is 2.89 bits per heavy atom. The van der Waals surface area contributed by atoms with Gasteiger partial charge in [0, 0.05) is 25.5 Å². The summed E-state index contributed by atoms with van der Waals surface area (Å²) in [7, 11) is 0. The Bertz CT molecular complexity index is 555. The van der Waals surface area contributed by atoms with Crippen LogP contribution < -0.4 is 5.32 Å². The summed E-state index contributed by atoms with van der Waals surface area (Å²) in [5.41, 5.74) is -0.279. The molecule has 100 valence electrons. The highest BCUT2D eigenvalue weighted by atomic mass is 19.2. The molecule has 0 aliphatic heterocycles. The van der Waals surface area contributed by atoms with Crippen LogP contribution in [-0.4, -0.2) is 22.2 Å². The summed E-state index contributed by atoms with van der Waals surface area (Å²) in [6, 6.07) is 5.34. The van der Waals surface area contributed by atoms with E-state index in [0.717, 1.165) is 6.07 Å². The van der Waals surface area contributed by atoms with Crippen LogP contribution >= 0.6 is 0 Å². The van der Waals surface area contributed by atoms with Crippen molar-refractivity contribution in [3.8, 4) is 0 Å². The zero-order valence-electron chi connectivity index (χ0n) is 10.1. The zero-order valence-corrected chi connectivity index (χ0v) is 10.1. The van der Waals surface area contributed by atoms with Crippen LogP contribution in [0.4, 0.5) is 8.78 Å². The number of halogens is 2. The molecule has 1 amide bonds. The number of nitrogens with one attached hydrogen (secondary N) is 1. The molecule has 0 saturated heterocycles. The Labute approximate surface area is 109 Å². The minimum Gasteiger partial charge on any atom is -0.352 e. The zero-order chi connectivity index (χ0) is 13.7. The molecule has 1 aromatic heterocycles. The normalized spacial score (nSPS) is 10.4. The van der Waals surface area contributed by atoms with E-state index >= 15 is 0 Å². The van der Waals surface area contributed by atoms with Gasteiger partial charge in [-0.25, -0.2) is 8.78 Å². The van der Waals surface area contributed by atoms with Crippen molar-refractivity contribution in [3.05, 3.63) is 53.9 Å². The van der Waals surface area contributed by atoms with Crippen molar-refractivity contribution in [1.82, 2.24) is 15.1 Å². The second-order valence-corrected chi connectivity index (χ2v) is 3.98. The SMILES string of the molecule is O=C(NCCCn1cccn1)c1cccc(F)c1F. The maximum Gasteiger partial charge on any atom is 0.254 e. The molecule has 0 unspecified atom stereocenters. The average Bonchev–Trinajstić information content (AvgIpc) is 2.91. The van der Waals surface area contributed by atoms with Gasteiger partial charge in [-0.1, -0.05) is 6.07 Å². The van der Waals surface area contributed by atoms with Crippen molar-refractivity contribution in [2.24, 2.45) is 0 Å². The predicted octanol–water partition coefficient (Wildman–Crippen LogP) is 1.98. The Morgan fingerprint density at radius 2 is 2.16 bits per heavy atom. The van der Waals surface area contributed by atoms with Crippen molar-refractivity contribution >= 4 is 5.91 Å². The lowest BCUT2D eigenvalue weighted by Gasteiger charge is -2.06. The van der Waals surface area contributed by atoms with E-state index in [2.05, 4.69) is 10.4 Å². The number of amides is 1. The summed E-state index contributed by atoms with van der Waals surface area (Å²) in [6.07, 6.45) is 4.14. The lowest BCUT2D eigenvalue weighted by atomic mass is 10.2. The van der Waals surface area contributed by atoms with Gasteiger partial charge in [0.15, 0.2) is 11.6 Å². The van der Waals surface area contributed by atoms with Crippen molar-refractivity contribution in [2.45, 2.75) is 13.0 Å². The first-order valence-electron chi connectivity index (χ1n) is 5.88. The molecular formula is C13H13F2N3O. The fourth-order valence-corrected chi connectivity index (χ4v) is 1.65. The third-order valence-corrected chi connectivity index (χ3v) is 2.60. The smallest absolute Gasteiger partial charge is 0.254 e. The molecule has 2 rings (SSSR count). The molecule has 0 atom stereocenters. The second kappa shape index (κ2) is 6.08. The van der Waals surface area contributed by atoms with Crippen LogP contribution in [0.3, 0.4) is 0 Å². The second-order valence-electron chi connectivity index (χ2n) is 3.98. The lowest BCUT2D eigenvalue weighted by molar-refractivity contribution is 0.0947. The van der Waals surface area contributed by atoms with Crippen LogP contribution in [0.1, 0.15) is 16.8 Å². The van der Waals surface area contributed by atoms with Gasteiger partial charge in [-0.3, -0.25) is 9.48 Å². The van der Waals surface area contributed by atoms with Crippen LogP contribution in [0.5, 0.6) is 0 Å². The number of aromatic nitrogens is 2. The third kappa shape index (κ3) is 3.37. The van der Waals surface area contributed by atoms with Crippen LogP contribution in [0.2, 0.25) is 0 Å². The Hall–Kier alpha value is -2.24. The minimum atomic E-state index is -1.12. The molecule has 0 bridgehead atoms. The molecular weight excluding hydrogens is 252 g/mol. The van der Waals surface area contributed by atoms with Crippen LogP contribution in [0, 0.1) is 11.6 Å². The fourth-order valence-electron chi connectivity index (χ4n) is 1.65. The quantitative estimate of drug-likeness (QED) is 0.840. The summed E-state index contributed by atoms with van der Waals surface area (Å²) in [5.74, 6) is -2.76. The molecule has 0 saturated carbocycles. The number of rotatable bonds is 5. The van der Waals surface area contributed by atoms with E-state index in [9.17, 15) is 13.6 Å². The topological polar surface area (TPSA) is 46.9 Å². The Kier molecular flexibility index (Phi) is 4.22. The molecule has 1 N–H and O–H groups in total. The Morgan fingerprint density at radius 1 is 1.32 bits per heavy atom. The minimum absolute atomic E-state index is 0.279. The molecule has 0 spiro atoms. The number of nitrogens with zero attached hydrogens (tertiary/aromatic N) is 2. The first-order valence-corrected chi connectivity index (χ1v) is 5.88. The summed E-state index contributed by atoms with van der Waals surface area (Å²) < 4.78 is 28.0. The van der Waals surface area contributed by atoms with E-state index in [-0.39, 0.29) is 5.56 Å². The van der Waals surface area contributed by atoms with E-state index in [1.54, 1.807) is 16.9 Å². The van der Waals surface area contributed by atoms with Crippen molar-refractivity contribution in [2.75, 3.05) is 6.54 Å². The van der Waals surface area contributed by atoms with Gasteiger partial charge in [0.25, 0.3) is 5.91 Å². The molecule has 0 radical (unpaired) electrons. The highest BCUT2D eigenvalue weighted by Crippen LogP contribution is 2.10. The van der Waals surface area contributed by atoms with Crippen LogP contribution in [0.25, 0.3) is 0 Å². The maximum absolute atomic E-state index is 13.3. The molecule has 1 aromatic carbocycles. The van der Waals surface area contributed by atoms with Crippen molar-refractivity contribution < 1.29 is 13.6 Å². The van der Waals surface area contributed by atoms with Crippen LogP contribution in [0.15, 0.2) is 36.7 Å². The highest BCUT2D eigenvalue weighted by Gasteiger charge is 2.14.